The van der Waals surface area contributed by atoms with Crippen LogP contribution in [0.15, 0.2) is 0 Å². The van der Waals surface area contributed by atoms with Crippen LogP contribution in [0.3, 0.4) is 0 Å². The molecule has 0 saturated carbocycles. The minimum atomic E-state index is -0.130. The Morgan fingerprint density at radius 2 is 2.43 bits per heavy atom. The van der Waals surface area contributed by atoms with Crippen molar-refractivity contribution in [1.82, 2.24) is 5.32 Å². The van der Waals surface area contributed by atoms with Gasteiger partial charge in [0, 0.05) is 22.5 Å². The Bertz CT molecular complexity index is 64.7. The van der Waals surface area contributed by atoms with Gasteiger partial charge in [-0.1, -0.05) is 6.92 Å². The number of carbonyl (C=O) groups excluding carboxylic acids is 1. The van der Waals surface area contributed by atoms with Crippen molar-refractivity contribution in [3.05, 3.63) is 0 Å². The highest BCUT2D eigenvalue weighted by molar-refractivity contribution is 9.18. The summed E-state index contributed by atoms with van der Waals surface area (Å²) >= 11 is 2.73. The molecule has 0 atom stereocenters. The van der Waals surface area contributed by atoms with Crippen LogP contribution in [0.5, 0.6) is 0 Å². The van der Waals surface area contributed by atoms with E-state index in [2.05, 4.69) is 21.2 Å². The van der Waals surface area contributed by atoms with E-state index in [1.54, 1.807) is 0 Å². The lowest BCUT2D eigenvalue weighted by atomic mass is 10.5. The van der Waals surface area contributed by atoms with Crippen LogP contribution < -0.4 is 5.32 Å². The lowest BCUT2D eigenvalue weighted by Crippen LogP contribution is -2.15. The van der Waals surface area contributed by atoms with E-state index in [0.717, 1.165) is 13.0 Å². The van der Waals surface area contributed by atoms with Crippen molar-refractivity contribution in [2.24, 2.45) is 0 Å². The molecule has 0 radical (unpaired) electrons. The van der Waals surface area contributed by atoms with Crippen molar-refractivity contribution in [2.75, 3.05) is 6.54 Å². The largest absolute Gasteiger partial charge is 0.347 e. The Morgan fingerprint density at radius 1 is 1.86 bits per heavy atom. The van der Waals surface area contributed by atoms with Gasteiger partial charge in [-0.15, -0.1) is 0 Å². The van der Waals surface area contributed by atoms with Gasteiger partial charge in [0.1, 0.15) is 0 Å². The fraction of sp³-hybridized carbons (Fsp3) is 0.750. The number of amides is 1. The lowest BCUT2D eigenvalue weighted by Gasteiger charge is -1.91. The molecule has 0 aliphatic carbocycles. The van der Waals surface area contributed by atoms with Gasteiger partial charge in [0.25, 0.3) is 4.82 Å². The summed E-state index contributed by atoms with van der Waals surface area (Å²) in [5.74, 6) is 0. The average molecular weight is 166 g/mol. The van der Waals surface area contributed by atoms with Crippen LogP contribution >= 0.6 is 15.9 Å². The molecule has 0 aromatic heterocycles. The van der Waals surface area contributed by atoms with Gasteiger partial charge in [-0.3, -0.25) is 4.79 Å². The van der Waals surface area contributed by atoms with Crippen LogP contribution in [-0.2, 0) is 0 Å². The third kappa shape index (κ3) is 5.95. The van der Waals surface area contributed by atoms with Crippen LogP contribution in [0.1, 0.15) is 13.3 Å². The smallest absolute Gasteiger partial charge is 0.287 e. The second-order valence-corrected chi connectivity index (χ2v) is 1.92. The Balaban J connectivity index is 2.82. The quantitative estimate of drug-likeness (QED) is 0.488. The molecule has 0 aromatic carbocycles. The molecule has 0 spiro atoms. The predicted molar refractivity (Wildman–Crippen MR) is 32.6 cm³/mol. The summed E-state index contributed by atoms with van der Waals surface area (Å²) in [5.41, 5.74) is 0. The summed E-state index contributed by atoms with van der Waals surface area (Å²) in [6.45, 7) is 2.76. The van der Waals surface area contributed by atoms with E-state index in [-0.39, 0.29) is 4.82 Å². The van der Waals surface area contributed by atoms with Gasteiger partial charge < -0.3 is 5.32 Å². The first-order valence-corrected chi connectivity index (χ1v) is 3.00. The SMILES string of the molecule is CCCNC(=O)Br. The standard InChI is InChI=1S/C4H8BrNO/c1-2-3-6-4(5)7/h2-3H2,1H3,(H,6,7). The second kappa shape index (κ2) is 4.12. The van der Waals surface area contributed by atoms with E-state index in [1.807, 2.05) is 6.92 Å². The maximum absolute atomic E-state index is 10.0. The van der Waals surface area contributed by atoms with Crippen LogP contribution in [0.2, 0.25) is 0 Å². The Kier molecular flexibility index (Phi) is 4.09. The van der Waals surface area contributed by atoms with Crippen LogP contribution in [-0.4, -0.2) is 11.4 Å². The summed E-state index contributed by atoms with van der Waals surface area (Å²) in [4.78, 5) is 9.88. The molecule has 0 bridgehead atoms. The highest BCUT2D eigenvalue weighted by atomic mass is 79.9. The highest BCUT2D eigenvalue weighted by Crippen LogP contribution is 1.80. The predicted octanol–water partition coefficient (Wildman–Crippen LogP) is 1.50. The number of hydrogen-bond donors (Lipinski definition) is 1. The number of rotatable bonds is 2. The first kappa shape index (κ1) is 6.95. The molecule has 2 nitrogen and oxygen atoms in total. The van der Waals surface area contributed by atoms with E-state index >= 15 is 0 Å². The molecule has 1 N–H and O–H groups in total. The van der Waals surface area contributed by atoms with E-state index in [0.29, 0.717) is 0 Å². The third-order valence-corrected chi connectivity index (χ3v) is 0.794. The van der Waals surface area contributed by atoms with Crippen molar-refractivity contribution >= 4 is 20.7 Å². The van der Waals surface area contributed by atoms with Gasteiger partial charge in [-0.25, -0.2) is 0 Å². The zero-order valence-corrected chi connectivity index (χ0v) is 5.79. The van der Waals surface area contributed by atoms with Crippen molar-refractivity contribution in [1.29, 1.82) is 0 Å². The monoisotopic (exact) mass is 165 g/mol. The molecule has 42 valence electrons. The van der Waals surface area contributed by atoms with Gasteiger partial charge in [-0.05, 0) is 6.42 Å². The normalized spacial score (nSPS) is 8.29. The molecule has 0 fully saturated rings. The molecule has 0 aliphatic rings. The third-order valence-electron chi connectivity index (χ3n) is 0.514. The number of nitrogens with one attached hydrogen (secondary N) is 1. The van der Waals surface area contributed by atoms with Crippen molar-refractivity contribution in [3.63, 3.8) is 0 Å². The van der Waals surface area contributed by atoms with Crippen molar-refractivity contribution < 1.29 is 4.79 Å². The first-order valence-electron chi connectivity index (χ1n) is 2.20. The number of carbonyl (C=O) groups is 1. The molecule has 7 heavy (non-hydrogen) atoms. The van der Waals surface area contributed by atoms with E-state index in [1.165, 1.54) is 0 Å². The van der Waals surface area contributed by atoms with E-state index in [9.17, 15) is 4.79 Å². The summed E-state index contributed by atoms with van der Waals surface area (Å²) in [5, 5.41) is 2.57. The van der Waals surface area contributed by atoms with E-state index in [4.69, 9.17) is 0 Å². The minimum Gasteiger partial charge on any atom is -0.347 e. The molecule has 0 rings (SSSR count). The Labute approximate surface area is 51.4 Å². The maximum Gasteiger partial charge on any atom is 0.287 e. The van der Waals surface area contributed by atoms with Gasteiger partial charge in [-0.2, -0.15) is 0 Å². The second-order valence-electron chi connectivity index (χ2n) is 1.20. The van der Waals surface area contributed by atoms with Gasteiger partial charge >= 0.3 is 0 Å². The fourth-order valence-electron chi connectivity index (χ4n) is 0.223. The molecule has 0 unspecified atom stereocenters. The highest BCUT2D eigenvalue weighted by Gasteiger charge is 1.85. The molecule has 1 amide bonds. The molecular weight excluding hydrogens is 158 g/mol. The molecular formula is C4H8BrNO. The first-order chi connectivity index (χ1) is 3.27. The maximum atomic E-state index is 10.0. The van der Waals surface area contributed by atoms with Gasteiger partial charge in [0.05, 0.1) is 0 Å². The van der Waals surface area contributed by atoms with Gasteiger partial charge in [0.15, 0.2) is 0 Å². The summed E-state index contributed by atoms with van der Waals surface area (Å²) in [7, 11) is 0. The Morgan fingerprint density at radius 3 is 2.57 bits per heavy atom. The average Bonchev–Trinajstić information content (AvgIpc) is 1.61. The summed E-state index contributed by atoms with van der Waals surface area (Å²) in [6.07, 6.45) is 0.983. The van der Waals surface area contributed by atoms with Crippen LogP contribution in [0.4, 0.5) is 4.79 Å². The fourth-order valence-corrected chi connectivity index (χ4v) is 0.422. The van der Waals surface area contributed by atoms with Crippen molar-refractivity contribution in [3.8, 4) is 0 Å². The minimum absolute atomic E-state index is 0.130. The Hall–Kier alpha value is -0.0500. The molecule has 0 aromatic rings. The zero-order chi connectivity index (χ0) is 5.70. The van der Waals surface area contributed by atoms with E-state index < -0.39 is 0 Å². The van der Waals surface area contributed by atoms with Crippen molar-refractivity contribution in [2.45, 2.75) is 13.3 Å². The molecule has 0 heterocycles. The molecule has 0 aliphatic heterocycles. The zero-order valence-electron chi connectivity index (χ0n) is 4.20. The topological polar surface area (TPSA) is 29.1 Å². The molecule has 3 heteroatoms. The van der Waals surface area contributed by atoms with Gasteiger partial charge in [0.2, 0.25) is 0 Å². The number of hydrogen-bond acceptors (Lipinski definition) is 1. The molecule has 0 saturated heterocycles. The van der Waals surface area contributed by atoms with Crippen LogP contribution in [0, 0.1) is 0 Å². The summed E-state index contributed by atoms with van der Waals surface area (Å²) < 4.78 is 0. The summed E-state index contributed by atoms with van der Waals surface area (Å²) in [6, 6.07) is 0. The van der Waals surface area contributed by atoms with Crippen LogP contribution in [0.25, 0.3) is 0 Å². The lowest BCUT2D eigenvalue weighted by molar-refractivity contribution is 0.261. The number of halogens is 1.